The Bertz CT molecular complexity index is 409. The van der Waals surface area contributed by atoms with Gasteiger partial charge in [-0.1, -0.05) is 0 Å². The summed E-state index contributed by atoms with van der Waals surface area (Å²) in [5.41, 5.74) is 1.85. The molecule has 1 saturated heterocycles. The first-order valence-electron chi connectivity index (χ1n) is 6.18. The lowest BCUT2D eigenvalue weighted by Crippen LogP contribution is -2.42. The van der Waals surface area contributed by atoms with Crippen molar-refractivity contribution in [1.29, 1.82) is 5.26 Å². The lowest BCUT2D eigenvalue weighted by molar-refractivity contribution is 0.0459. The summed E-state index contributed by atoms with van der Waals surface area (Å²) < 4.78 is 0. The summed E-state index contributed by atoms with van der Waals surface area (Å²) in [6.07, 6.45) is 3.65. The second-order valence-corrected chi connectivity index (χ2v) is 5.29. The topological polar surface area (TPSA) is 68.4 Å². The van der Waals surface area contributed by atoms with E-state index < -0.39 is 5.60 Å². The molecule has 4 nitrogen and oxygen atoms in total. The number of aliphatic imine (C=N–C) groups is 1. The number of rotatable bonds is 2. The third-order valence-electron chi connectivity index (χ3n) is 3.46. The van der Waals surface area contributed by atoms with Crippen molar-refractivity contribution in [2.45, 2.75) is 51.2 Å². The standard InChI is InChI=1S/C13H19N3O/c1-13(2,17)12-6-5-11(16-12)9(8-14)10-4-3-7-15-10/h12,16-17H,3-7H2,1-2H3/b11-9-. The molecule has 92 valence electrons. The highest BCUT2D eigenvalue weighted by molar-refractivity contribution is 6.04. The van der Waals surface area contributed by atoms with Gasteiger partial charge in [0, 0.05) is 12.2 Å². The highest BCUT2D eigenvalue weighted by Crippen LogP contribution is 2.27. The molecule has 2 N–H and O–H groups in total. The fourth-order valence-corrected chi connectivity index (χ4v) is 2.42. The number of nitrogens with one attached hydrogen (secondary N) is 1. The van der Waals surface area contributed by atoms with E-state index in [-0.39, 0.29) is 6.04 Å². The van der Waals surface area contributed by atoms with Gasteiger partial charge in [0.05, 0.1) is 22.9 Å². The van der Waals surface area contributed by atoms with Crippen LogP contribution in [-0.4, -0.2) is 29.0 Å². The Hall–Kier alpha value is -1.34. The smallest absolute Gasteiger partial charge is 0.103 e. The lowest BCUT2D eigenvalue weighted by atomic mass is 9.98. The predicted molar refractivity (Wildman–Crippen MR) is 66.6 cm³/mol. The van der Waals surface area contributed by atoms with E-state index in [9.17, 15) is 10.4 Å². The zero-order valence-corrected chi connectivity index (χ0v) is 10.5. The van der Waals surface area contributed by atoms with Crippen LogP contribution in [0.3, 0.4) is 0 Å². The number of hydrogen-bond acceptors (Lipinski definition) is 4. The van der Waals surface area contributed by atoms with Gasteiger partial charge in [-0.2, -0.15) is 5.26 Å². The molecule has 2 aliphatic rings. The van der Waals surface area contributed by atoms with Gasteiger partial charge in [-0.25, -0.2) is 0 Å². The van der Waals surface area contributed by atoms with E-state index in [1.807, 2.05) is 0 Å². The van der Waals surface area contributed by atoms with Crippen LogP contribution in [0.5, 0.6) is 0 Å². The molecule has 1 fully saturated rings. The molecule has 0 bridgehead atoms. The quantitative estimate of drug-likeness (QED) is 0.710. The Morgan fingerprint density at radius 3 is 2.76 bits per heavy atom. The van der Waals surface area contributed by atoms with Crippen LogP contribution >= 0.6 is 0 Å². The minimum atomic E-state index is -0.750. The molecule has 17 heavy (non-hydrogen) atoms. The molecular formula is C13H19N3O. The maximum absolute atomic E-state index is 9.96. The first-order valence-corrected chi connectivity index (χ1v) is 6.18. The van der Waals surface area contributed by atoms with E-state index in [1.165, 1.54) is 0 Å². The second-order valence-electron chi connectivity index (χ2n) is 5.29. The average Bonchev–Trinajstić information content (AvgIpc) is 2.87. The summed E-state index contributed by atoms with van der Waals surface area (Å²) in [7, 11) is 0. The van der Waals surface area contributed by atoms with Crippen LogP contribution in [0.4, 0.5) is 0 Å². The van der Waals surface area contributed by atoms with E-state index in [0.717, 1.165) is 43.6 Å². The number of allylic oxidation sites excluding steroid dienone is 2. The summed E-state index contributed by atoms with van der Waals surface area (Å²) in [5, 5.41) is 22.5. The molecule has 0 aromatic carbocycles. The van der Waals surface area contributed by atoms with Crippen LogP contribution < -0.4 is 5.32 Å². The van der Waals surface area contributed by atoms with Gasteiger partial charge >= 0.3 is 0 Å². The van der Waals surface area contributed by atoms with E-state index in [2.05, 4.69) is 16.4 Å². The average molecular weight is 233 g/mol. The molecule has 1 unspecified atom stereocenters. The van der Waals surface area contributed by atoms with Gasteiger partial charge in [0.15, 0.2) is 0 Å². The Morgan fingerprint density at radius 1 is 1.53 bits per heavy atom. The number of nitriles is 1. The van der Waals surface area contributed by atoms with Gasteiger partial charge in [-0.3, -0.25) is 4.99 Å². The van der Waals surface area contributed by atoms with Crippen molar-refractivity contribution in [2.75, 3.05) is 6.54 Å². The van der Waals surface area contributed by atoms with Crippen molar-refractivity contribution in [3.8, 4) is 6.07 Å². The normalized spacial score (nSPS) is 27.4. The summed E-state index contributed by atoms with van der Waals surface area (Å²) >= 11 is 0. The maximum atomic E-state index is 9.96. The van der Waals surface area contributed by atoms with Crippen LogP contribution in [0.1, 0.15) is 39.5 Å². The van der Waals surface area contributed by atoms with E-state index in [4.69, 9.17) is 0 Å². The fraction of sp³-hybridized carbons (Fsp3) is 0.692. The zero-order valence-electron chi connectivity index (χ0n) is 10.5. The van der Waals surface area contributed by atoms with E-state index in [1.54, 1.807) is 13.8 Å². The van der Waals surface area contributed by atoms with Gasteiger partial charge < -0.3 is 10.4 Å². The first-order chi connectivity index (χ1) is 8.02. The molecule has 0 aliphatic carbocycles. The Morgan fingerprint density at radius 2 is 2.29 bits per heavy atom. The lowest BCUT2D eigenvalue weighted by Gasteiger charge is -2.25. The predicted octanol–water partition coefficient (Wildman–Crippen LogP) is 1.52. The SMILES string of the molecule is CC(C)(O)C1CC/C(=C(\C#N)C2=NCCC2)N1. The third kappa shape index (κ3) is 2.50. The summed E-state index contributed by atoms with van der Waals surface area (Å²) in [5.74, 6) is 0. The number of aliphatic hydroxyl groups is 1. The second kappa shape index (κ2) is 4.50. The van der Waals surface area contributed by atoms with Crippen molar-refractivity contribution in [3.63, 3.8) is 0 Å². The molecule has 4 heteroatoms. The molecule has 1 atom stereocenters. The van der Waals surface area contributed by atoms with Gasteiger partial charge in [-0.05, 0) is 39.5 Å². The highest BCUT2D eigenvalue weighted by atomic mass is 16.3. The monoisotopic (exact) mass is 233 g/mol. The summed E-state index contributed by atoms with van der Waals surface area (Å²) in [6, 6.07) is 2.29. The van der Waals surface area contributed by atoms with Crippen LogP contribution in [0.15, 0.2) is 16.3 Å². The minimum absolute atomic E-state index is 0.0304. The Labute approximate surface area is 102 Å². The Balaban J connectivity index is 2.19. The molecule has 2 aliphatic heterocycles. The minimum Gasteiger partial charge on any atom is -0.388 e. The maximum Gasteiger partial charge on any atom is 0.103 e. The van der Waals surface area contributed by atoms with Crippen molar-refractivity contribution >= 4 is 5.71 Å². The number of nitrogens with zero attached hydrogens (tertiary/aromatic N) is 2. The molecule has 0 radical (unpaired) electrons. The first kappa shape index (κ1) is 12.1. The van der Waals surface area contributed by atoms with E-state index in [0.29, 0.717) is 5.57 Å². The molecule has 2 heterocycles. The molecule has 0 amide bonds. The van der Waals surface area contributed by atoms with Gasteiger partial charge in [-0.15, -0.1) is 0 Å². The number of hydrogen-bond donors (Lipinski definition) is 2. The molecule has 0 spiro atoms. The summed E-state index contributed by atoms with van der Waals surface area (Å²) in [6.45, 7) is 4.43. The third-order valence-corrected chi connectivity index (χ3v) is 3.46. The van der Waals surface area contributed by atoms with Crippen molar-refractivity contribution < 1.29 is 5.11 Å². The Kier molecular flexibility index (Phi) is 3.21. The van der Waals surface area contributed by atoms with Crippen LogP contribution in [-0.2, 0) is 0 Å². The fourth-order valence-electron chi connectivity index (χ4n) is 2.42. The largest absolute Gasteiger partial charge is 0.388 e. The van der Waals surface area contributed by atoms with Crippen molar-refractivity contribution in [2.24, 2.45) is 4.99 Å². The van der Waals surface area contributed by atoms with Gasteiger partial charge in [0.1, 0.15) is 6.07 Å². The molecule has 0 saturated carbocycles. The molecule has 0 aromatic rings. The van der Waals surface area contributed by atoms with Crippen LogP contribution in [0.25, 0.3) is 0 Å². The molecular weight excluding hydrogens is 214 g/mol. The molecule has 2 rings (SSSR count). The molecule has 0 aromatic heterocycles. The van der Waals surface area contributed by atoms with Crippen LogP contribution in [0.2, 0.25) is 0 Å². The van der Waals surface area contributed by atoms with Crippen molar-refractivity contribution in [3.05, 3.63) is 11.3 Å². The van der Waals surface area contributed by atoms with E-state index >= 15 is 0 Å². The van der Waals surface area contributed by atoms with Gasteiger partial charge in [0.25, 0.3) is 0 Å². The highest BCUT2D eigenvalue weighted by Gasteiger charge is 2.33. The van der Waals surface area contributed by atoms with Crippen molar-refractivity contribution in [1.82, 2.24) is 5.32 Å². The van der Waals surface area contributed by atoms with Gasteiger partial charge in [0.2, 0.25) is 0 Å². The van der Waals surface area contributed by atoms with Crippen LogP contribution in [0, 0.1) is 11.3 Å². The zero-order chi connectivity index (χ0) is 12.5. The summed E-state index contributed by atoms with van der Waals surface area (Å²) in [4.78, 5) is 4.37.